The molecule has 0 bridgehead atoms. The number of amides is 2. The number of nitrogens with one attached hydrogen (secondary N) is 2. The number of aryl methyl sites for hydroxylation is 1. The Bertz CT molecular complexity index is 2020. The summed E-state index contributed by atoms with van der Waals surface area (Å²) in [6, 6.07) is 38.9. The summed E-state index contributed by atoms with van der Waals surface area (Å²) >= 11 is 6.90. The maximum atomic E-state index is 14.6. The molecular formula is C46H47ClN2O5. The first-order valence-electron chi connectivity index (χ1n) is 18.8. The highest BCUT2D eigenvalue weighted by molar-refractivity contribution is 6.31. The molecule has 0 aromatic heterocycles. The number of esters is 1. The predicted octanol–water partition coefficient (Wildman–Crippen LogP) is 9.87. The number of alkyl carbamates (subject to hydrolysis) is 1. The summed E-state index contributed by atoms with van der Waals surface area (Å²) in [7, 11) is 0. The van der Waals surface area contributed by atoms with Crippen molar-refractivity contribution in [3.05, 3.63) is 166 Å². The normalized spacial score (nSPS) is 14.1. The van der Waals surface area contributed by atoms with Crippen molar-refractivity contribution in [2.45, 2.75) is 76.5 Å². The molecule has 0 radical (unpaired) electrons. The Labute approximate surface area is 323 Å². The Hall–Kier alpha value is -5.40. The van der Waals surface area contributed by atoms with E-state index in [-0.39, 0.29) is 18.9 Å². The van der Waals surface area contributed by atoms with E-state index < -0.39 is 35.7 Å². The van der Waals surface area contributed by atoms with E-state index >= 15 is 0 Å². The van der Waals surface area contributed by atoms with Gasteiger partial charge in [-0.1, -0.05) is 172 Å². The SMILES string of the molecule is CCCCCC(NC(=O)[C@H](CC)NC(=O)OCC1c2ccccc2-c2ccccc21)C(=O)OC(c1ccccc1)(c1ccc(C)cc1)c1ccccc1Cl. The molecule has 278 valence electrons. The zero-order chi connectivity index (χ0) is 38.1. The third kappa shape index (κ3) is 8.22. The van der Waals surface area contributed by atoms with Gasteiger partial charge in [0.15, 0.2) is 5.60 Å². The van der Waals surface area contributed by atoms with Crippen LogP contribution in [0.5, 0.6) is 0 Å². The smallest absolute Gasteiger partial charge is 0.407 e. The second-order valence-electron chi connectivity index (χ2n) is 13.8. The van der Waals surface area contributed by atoms with Crippen LogP contribution in [-0.4, -0.2) is 36.7 Å². The first-order valence-corrected chi connectivity index (χ1v) is 19.2. The van der Waals surface area contributed by atoms with Crippen molar-refractivity contribution in [2.24, 2.45) is 0 Å². The molecule has 54 heavy (non-hydrogen) atoms. The topological polar surface area (TPSA) is 93.7 Å². The van der Waals surface area contributed by atoms with E-state index in [2.05, 4.69) is 41.8 Å². The summed E-state index contributed by atoms with van der Waals surface area (Å²) in [6.45, 7) is 5.99. The number of carbonyl (C=O) groups is 3. The van der Waals surface area contributed by atoms with Gasteiger partial charge in [0.05, 0.1) is 0 Å². The van der Waals surface area contributed by atoms with E-state index in [4.69, 9.17) is 21.1 Å². The van der Waals surface area contributed by atoms with Gasteiger partial charge >= 0.3 is 12.1 Å². The molecule has 1 aliphatic rings. The van der Waals surface area contributed by atoms with Gasteiger partial charge < -0.3 is 20.1 Å². The lowest BCUT2D eigenvalue weighted by Crippen LogP contribution is -2.53. The molecule has 2 N–H and O–H groups in total. The molecule has 0 aliphatic heterocycles. The quantitative estimate of drug-likeness (QED) is 0.0633. The minimum absolute atomic E-state index is 0.118. The van der Waals surface area contributed by atoms with E-state index in [1.807, 2.05) is 104 Å². The summed E-state index contributed by atoms with van der Waals surface area (Å²) in [5.41, 5.74) is 6.08. The van der Waals surface area contributed by atoms with Gasteiger partial charge in [0.1, 0.15) is 18.7 Å². The van der Waals surface area contributed by atoms with Crippen molar-refractivity contribution < 1.29 is 23.9 Å². The van der Waals surface area contributed by atoms with Gasteiger partial charge in [-0.05, 0) is 48.1 Å². The van der Waals surface area contributed by atoms with Gasteiger partial charge in [-0.2, -0.15) is 0 Å². The van der Waals surface area contributed by atoms with Gasteiger partial charge in [-0.15, -0.1) is 0 Å². The summed E-state index contributed by atoms with van der Waals surface area (Å²) in [5.74, 6) is -1.23. The highest BCUT2D eigenvalue weighted by Gasteiger charge is 2.44. The van der Waals surface area contributed by atoms with Crippen molar-refractivity contribution in [2.75, 3.05) is 6.61 Å². The second-order valence-corrected chi connectivity index (χ2v) is 14.2. The minimum Gasteiger partial charge on any atom is -0.449 e. The largest absolute Gasteiger partial charge is 0.449 e. The van der Waals surface area contributed by atoms with Gasteiger partial charge in [-0.25, -0.2) is 9.59 Å². The van der Waals surface area contributed by atoms with Crippen LogP contribution >= 0.6 is 11.6 Å². The average molecular weight is 743 g/mol. The molecule has 0 saturated carbocycles. The lowest BCUT2D eigenvalue weighted by molar-refractivity contribution is -0.157. The monoisotopic (exact) mass is 742 g/mol. The van der Waals surface area contributed by atoms with E-state index in [1.165, 1.54) is 0 Å². The Morgan fingerprint density at radius 1 is 0.704 bits per heavy atom. The number of ether oxygens (including phenoxy) is 2. The molecule has 7 nitrogen and oxygen atoms in total. The molecule has 6 rings (SSSR count). The number of hydrogen-bond donors (Lipinski definition) is 2. The molecule has 5 aromatic carbocycles. The molecule has 0 heterocycles. The Morgan fingerprint density at radius 3 is 1.93 bits per heavy atom. The molecule has 0 spiro atoms. The van der Waals surface area contributed by atoms with Crippen LogP contribution in [0.2, 0.25) is 5.02 Å². The number of fused-ring (bicyclic) bond motifs is 3. The number of carbonyl (C=O) groups excluding carboxylic acids is 3. The van der Waals surface area contributed by atoms with Crippen molar-refractivity contribution in [3.8, 4) is 11.1 Å². The molecule has 3 atom stereocenters. The van der Waals surface area contributed by atoms with Gasteiger partial charge in [0.25, 0.3) is 0 Å². The summed E-state index contributed by atoms with van der Waals surface area (Å²) < 4.78 is 12.5. The molecular weight excluding hydrogens is 696 g/mol. The van der Waals surface area contributed by atoms with Crippen LogP contribution in [0, 0.1) is 6.92 Å². The van der Waals surface area contributed by atoms with E-state index in [0.717, 1.165) is 40.7 Å². The summed E-state index contributed by atoms with van der Waals surface area (Å²) in [4.78, 5) is 41.7. The standard InChI is InChI=1S/C46H47ClN2O5/c1-4-6-8-25-42(44(51)54-46(32-17-9-7-10-18-32,33-28-26-31(3)27-29-33)39-23-15-16-24-40(39)47)48-43(50)41(5-2)49-45(52)53-30-38-36-21-13-11-19-34(36)35-20-12-14-22-37(35)38/h7,9-24,26-29,38,41-42H,4-6,8,25,30H2,1-3H3,(H,48,50)(H,49,52)/t41-,42?,46?/m0/s1. The van der Waals surface area contributed by atoms with Gasteiger partial charge in [-0.3, -0.25) is 4.79 Å². The molecule has 5 aromatic rings. The van der Waals surface area contributed by atoms with Crippen LogP contribution in [0.3, 0.4) is 0 Å². The fourth-order valence-corrected chi connectivity index (χ4v) is 7.60. The van der Waals surface area contributed by atoms with Crippen molar-refractivity contribution in [1.29, 1.82) is 0 Å². The third-order valence-electron chi connectivity index (χ3n) is 10.2. The van der Waals surface area contributed by atoms with Gasteiger partial charge in [0, 0.05) is 27.6 Å². The number of unbranched alkanes of at least 4 members (excludes halogenated alkanes) is 2. The molecule has 8 heteroatoms. The first-order chi connectivity index (χ1) is 26.3. The molecule has 0 saturated heterocycles. The minimum atomic E-state index is -1.43. The number of hydrogen-bond acceptors (Lipinski definition) is 5. The third-order valence-corrected chi connectivity index (χ3v) is 10.5. The fraction of sp³-hybridized carbons (Fsp3) is 0.283. The number of halogens is 1. The van der Waals surface area contributed by atoms with Crippen molar-refractivity contribution in [1.82, 2.24) is 10.6 Å². The Kier molecular flexibility index (Phi) is 12.5. The highest BCUT2D eigenvalue weighted by Crippen LogP contribution is 2.45. The lowest BCUT2D eigenvalue weighted by Gasteiger charge is -2.37. The number of rotatable bonds is 15. The zero-order valence-electron chi connectivity index (χ0n) is 31.0. The fourth-order valence-electron chi connectivity index (χ4n) is 7.34. The molecule has 0 fully saturated rings. The number of benzene rings is 5. The zero-order valence-corrected chi connectivity index (χ0v) is 31.8. The predicted molar refractivity (Wildman–Crippen MR) is 213 cm³/mol. The Morgan fingerprint density at radius 2 is 1.30 bits per heavy atom. The molecule has 2 amide bonds. The average Bonchev–Trinajstić information content (AvgIpc) is 3.52. The van der Waals surface area contributed by atoms with Crippen LogP contribution in [0.1, 0.15) is 85.3 Å². The van der Waals surface area contributed by atoms with Crippen molar-refractivity contribution >= 4 is 29.6 Å². The Balaban J connectivity index is 1.23. The lowest BCUT2D eigenvalue weighted by atomic mass is 9.79. The molecule has 2 unspecified atom stereocenters. The van der Waals surface area contributed by atoms with E-state index in [1.54, 1.807) is 13.0 Å². The van der Waals surface area contributed by atoms with E-state index in [9.17, 15) is 14.4 Å². The van der Waals surface area contributed by atoms with Crippen molar-refractivity contribution in [3.63, 3.8) is 0 Å². The maximum Gasteiger partial charge on any atom is 0.407 e. The van der Waals surface area contributed by atoms with Crippen LogP contribution in [-0.2, 0) is 24.7 Å². The summed E-state index contributed by atoms with van der Waals surface area (Å²) in [5, 5.41) is 6.12. The van der Waals surface area contributed by atoms with Crippen LogP contribution in [0.4, 0.5) is 4.79 Å². The van der Waals surface area contributed by atoms with Crippen LogP contribution in [0.25, 0.3) is 11.1 Å². The maximum absolute atomic E-state index is 14.6. The molecule has 1 aliphatic carbocycles. The van der Waals surface area contributed by atoms with E-state index in [0.29, 0.717) is 34.6 Å². The summed E-state index contributed by atoms with van der Waals surface area (Å²) in [6.07, 6.45) is 2.40. The highest BCUT2D eigenvalue weighted by atomic mass is 35.5. The first kappa shape index (κ1) is 38.3. The van der Waals surface area contributed by atoms with Gasteiger partial charge in [0.2, 0.25) is 5.91 Å². The van der Waals surface area contributed by atoms with Crippen LogP contribution < -0.4 is 10.6 Å². The van der Waals surface area contributed by atoms with Crippen LogP contribution in [0.15, 0.2) is 127 Å². The second kappa shape index (κ2) is 17.6.